The minimum absolute atomic E-state index is 0.00785. The molecule has 0 amide bonds. The van der Waals surface area contributed by atoms with Crippen LogP contribution in [0.25, 0.3) is 0 Å². The van der Waals surface area contributed by atoms with E-state index in [0.29, 0.717) is 0 Å². The van der Waals surface area contributed by atoms with E-state index in [1.807, 2.05) is 30.3 Å². The molecular weight excluding hydrogens is 300 g/mol. The lowest BCUT2D eigenvalue weighted by Gasteiger charge is -2.11. The Balaban J connectivity index is 2.10. The smallest absolute Gasteiger partial charge is 0.336 e. The van der Waals surface area contributed by atoms with Gasteiger partial charge >= 0.3 is 5.97 Å². The summed E-state index contributed by atoms with van der Waals surface area (Å²) < 4.78 is 15.0. The lowest BCUT2D eigenvalue weighted by Crippen LogP contribution is -2.14. The van der Waals surface area contributed by atoms with Crippen LogP contribution in [0.2, 0.25) is 0 Å². The van der Waals surface area contributed by atoms with Gasteiger partial charge in [-0.1, -0.05) is 36.9 Å². The highest BCUT2D eigenvalue weighted by molar-refractivity contribution is 5.88. The van der Waals surface area contributed by atoms with E-state index in [1.54, 1.807) is 0 Å². The molecule has 6 nitrogen and oxygen atoms in total. The van der Waals surface area contributed by atoms with Crippen LogP contribution in [0.4, 0.5) is 0 Å². The second-order valence-electron chi connectivity index (χ2n) is 4.70. The topological polar surface area (TPSA) is 86.0 Å². The summed E-state index contributed by atoms with van der Waals surface area (Å²) in [6.07, 6.45) is -0.368. The minimum Gasteiger partial charge on any atom is -0.482 e. The summed E-state index contributed by atoms with van der Waals surface area (Å²) in [5, 5.41) is 9.94. The Bertz CT molecular complexity index is 747. The van der Waals surface area contributed by atoms with Crippen LogP contribution < -0.4 is 10.2 Å². The Hall–Kier alpha value is -2.86. The molecule has 1 aromatic carbocycles. The molecule has 1 heterocycles. The van der Waals surface area contributed by atoms with Gasteiger partial charge in [0.05, 0.1) is 12.7 Å². The molecule has 2 rings (SSSR count). The first-order valence-electron chi connectivity index (χ1n) is 6.77. The molecule has 23 heavy (non-hydrogen) atoms. The van der Waals surface area contributed by atoms with Crippen LogP contribution in [0, 0.1) is 0 Å². The molecule has 0 radical (unpaired) electrons. The van der Waals surface area contributed by atoms with Crippen molar-refractivity contribution in [3.63, 3.8) is 0 Å². The average Bonchev–Trinajstić information content (AvgIpc) is 2.59. The van der Waals surface area contributed by atoms with Crippen molar-refractivity contribution in [3.8, 4) is 5.75 Å². The molecule has 0 saturated carbocycles. The summed E-state index contributed by atoms with van der Waals surface area (Å²) in [4.78, 5) is 23.3. The summed E-state index contributed by atoms with van der Waals surface area (Å²) in [5.41, 5.74) is 0.197. The lowest BCUT2D eigenvalue weighted by atomic mass is 10.1. The molecule has 1 unspecified atom stereocenters. The predicted molar refractivity (Wildman–Crippen MR) is 81.9 cm³/mol. The Labute approximate surface area is 132 Å². The Kier molecular flexibility index (Phi) is 5.32. The molecule has 0 aliphatic rings. The third kappa shape index (κ3) is 4.08. The first-order chi connectivity index (χ1) is 11.0. The monoisotopic (exact) mass is 316 g/mol. The van der Waals surface area contributed by atoms with Gasteiger partial charge in [0.15, 0.2) is 0 Å². The van der Waals surface area contributed by atoms with Crippen molar-refractivity contribution >= 4 is 5.97 Å². The number of hydrogen-bond donors (Lipinski definition) is 1. The molecule has 120 valence electrons. The Morgan fingerprint density at radius 2 is 2.04 bits per heavy atom. The predicted octanol–water partition coefficient (Wildman–Crippen LogP) is 1.98. The fourth-order valence-electron chi connectivity index (χ4n) is 1.81. The van der Waals surface area contributed by atoms with Gasteiger partial charge in [0.1, 0.15) is 24.7 Å². The number of esters is 1. The number of hydrogen-bond acceptors (Lipinski definition) is 6. The number of ether oxygens (including phenoxy) is 2. The SMILES string of the molecule is C=C(C(=O)OC)C(O)c1cc(=O)c(OCc2ccccc2)co1. The molecule has 0 aliphatic carbocycles. The van der Waals surface area contributed by atoms with Gasteiger partial charge in [-0.15, -0.1) is 0 Å². The van der Waals surface area contributed by atoms with Gasteiger partial charge in [-0.25, -0.2) is 4.79 Å². The molecule has 2 aromatic rings. The molecule has 0 fully saturated rings. The van der Waals surface area contributed by atoms with Crippen LogP contribution in [0.5, 0.6) is 5.75 Å². The van der Waals surface area contributed by atoms with Gasteiger partial charge in [0.25, 0.3) is 0 Å². The Morgan fingerprint density at radius 1 is 1.35 bits per heavy atom. The highest BCUT2D eigenvalue weighted by Gasteiger charge is 2.22. The number of aliphatic hydroxyl groups excluding tert-OH is 1. The zero-order chi connectivity index (χ0) is 16.8. The molecule has 1 N–H and O–H groups in total. The minimum atomic E-state index is -1.46. The quantitative estimate of drug-likeness (QED) is 0.648. The maximum atomic E-state index is 12.0. The van der Waals surface area contributed by atoms with Crippen LogP contribution in [0.15, 0.2) is 64.0 Å². The van der Waals surface area contributed by atoms with E-state index in [1.165, 1.54) is 0 Å². The van der Waals surface area contributed by atoms with Crippen LogP contribution in [-0.4, -0.2) is 18.2 Å². The highest BCUT2D eigenvalue weighted by Crippen LogP contribution is 2.21. The first kappa shape index (κ1) is 16.5. The lowest BCUT2D eigenvalue weighted by molar-refractivity contribution is -0.137. The van der Waals surface area contributed by atoms with E-state index in [2.05, 4.69) is 11.3 Å². The number of methoxy groups -OCH3 is 1. The fraction of sp³-hybridized carbons (Fsp3) is 0.176. The summed E-state index contributed by atoms with van der Waals surface area (Å²) in [6, 6.07) is 10.4. The molecule has 0 saturated heterocycles. The second kappa shape index (κ2) is 7.42. The maximum absolute atomic E-state index is 12.0. The van der Waals surface area contributed by atoms with Crippen LogP contribution in [0.3, 0.4) is 0 Å². The summed E-state index contributed by atoms with van der Waals surface area (Å²) >= 11 is 0. The molecule has 1 aromatic heterocycles. The fourth-order valence-corrected chi connectivity index (χ4v) is 1.81. The maximum Gasteiger partial charge on any atom is 0.336 e. The summed E-state index contributed by atoms with van der Waals surface area (Å²) in [5.74, 6) is -0.893. The van der Waals surface area contributed by atoms with Crippen molar-refractivity contribution in [1.82, 2.24) is 0 Å². The van der Waals surface area contributed by atoms with Gasteiger partial charge in [-0.3, -0.25) is 4.79 Å². The van der Waals surface area contributed by atoms with Crippen molar-refractivity contribution in [2.45, 2.75) is 12.7 Å². The van der Waals surface area contributed by atoms with Gasteiger partial charge in [-0.05, 0) is 5.56 Å². The van der Waals surface area contributed by atoms with E-state index in [-0.39, 0.29) is 23.7 Å². The number of carbonyl (C=O) groups excluding carboxylic acids is 1. The normalized spacial score (nSPS) is 11.6. The van der Waals surface area contributed by atoms with Crippen molar-refractivity contribution in [3.05, 3.63) is 76.4 Å². The van der Waals surface area contributed by atoms with Crippen molar-refractivity contribution in [2.24, 2.45) is 0 Å². The number of benzene rings is 1. The van der Waals surface area contributed by atoms with E-state index in [9.17, 15) is 14.7 Å². The second-order valence-corrected chi connectivity index (χ2v) is 4.70. The van der Waals surface area contributed by atoms with E-state index in [0.717, 1.165) is 25.0 Å². The number of carbonyl (C=O) groups is 1. The number of aliphatic hydroxyl groups is 1. The van der Waals surface area contributed by atoms with Crippen LogP contribution in [0.1, 0.15) is 17.4 Å². The van der Waals surface area contributed by atoms with Crippen LogP contribution >= 0.6 is 0 Å². The zero-order valence-corrected chi connectivity index (χ0v) is 12.5. The van der Waals surface area contributed by atoms with Gasteiger partial charge < -0.3 is 19.0 Å². The molecule has 1 atom stereocenters. The summed E-state index contributed by atoms with van der Waals surface area (Å²) in [7, 11) is 1.16. The highest BCUT2D eigenvalue weighted by atomic mass is 16.5. The third-order valence-corrected chi connectivity index (χ3v) is 3.10. The standard InChI is InChI=1S/C17H16O6/c1-11(17(20)21-2)16(19)14-8-13(18)15(10-23-14)22-9-12-6-4-3-5-7-12/h3-8,10,16,19H,1,9H2,2H3. The molecule has 0 spiro atoms. The first-order valence-corrected chi connectivity index (χ1v) is 6.77. The molecule has 0 bridgehead atoms. The van der Waals surface area contributed by atoms with E-state index >= 15 is 0 Å². The van der Waals surface area contributed by atoms with E-state index < -0.39 is 17.5 Å². The van der Waals surface area contributed by atoms with Gasteiger partial charge in [0, 0.05) is 6.07 Å². The van der Waals surface area contributed by atoms with Crippen LogP contribution in [-0.2, 0) is 16.1 Å². The summed E-state index contributed by atoms with van der Waals surface area (Å²) in [6.45, 7) is 3.62. The molecular formula is C17H16O6. The zero-order valence-electron chi connectivity index (χ0n) is 12.5. The largest absolute Gasteiger partial charge is 0.482 e. The number of rotatable bonds is 6. The molecule has 6 heteroatoms. The third-order valence-electron chi connectivity index (χ3n) is 3.10. The van der Waals surface area contributed by atoms with Gasteiger partial charge in [-0.2, -0.15) is 0 Å². The average molecular weight is 316 g/mol. The Morgan fingerprint density at radius 3 is 2.65 bits per heavy atom. The van der Waals surface area contributed by atoms with E-state index in [4.69, 9.17) is 9.15 Å². The van der Waals surface area contributed by atoms with Crippen molar-refractivity contribution < 1.29 is 23.8 Å². The molecule has 0 aliphatic heterocycles. The van der Waals surface area contributed by atoms with Crippen molar-refractivity contribution in [1.29, 1.82) is 0 Å². The van der Waals surface area contributed by atoms with Crippen molar-refractivity contribution in [2.75, 3.05) is 7.11 Å². The van der Waals surface area contributed by atoms with Gasteiger partial charge in [0.2, 0.25) is 11.2 Å².